The van der Waals surface area contributed by atoms with E-state index < -0.39 is 212 Å². The number of nitrogens with two attached hydrogens (primary N) is 4. The SMILES string of the molecule is CC[C@H]1O[C@@H](n2cnc3c(N)ncnc32)C[C@H]1OP(O)(=S)OC[C@H]1O[C@@H](n2cc(C)c(=O)[nH]c2=O)C[C@H]1OP(O)(=S)OC[C@H]1O[C@@H](n2cnc3c(N)ncnc32)C[C@H]1OP(O)(=S)OC[C@H]1O[C@@H](n2cnc3c(=O)[nH]c(N)nc32)C[C@H]1OP(O)(=S)OC[C@H]1O[C@@H](n2cc(C)c(=O)[nH]c2=O)C[C@H]1OP(O)(=S)OC[C@H]1O[C@@H](n2cnc3c(N)ncnc32)C[C@H]1OP(O)(=S)OC. The molecule has 17 N–H and O–H groups in total. The Morgan fingerprint density at radius 3 is 0.945 bits per heavy atom. The van der Waals surface area contributed by atoms with Crippen LogP contribution in [0.25, 0.3) is 44.7 Å². The number of aryl methyl sites for hydroxylation is 2. The predicted octanol–water partition coefficient (Wildman–Crippen LogP) is 1.16. The monoisotopic (exact) mass is 2000 g/mol. The molecule has 6 unspecified atom stereocenters. The van der Waals surface area contributed by atoms with E-state index in [0.717, 1.165) is 16.2 Å². The third-order valence-corrected chi connectivity index (χ3v) is 30.7. The van der Waals surface area contributed by atoms with Crippen LogP contribution >= 0.6 is 40.3 Å². The highest BCUT2D eigenvalue weighted by atomic mass is 32.5. The minimum absolute atomic E-state index is 0.00978. The van der Waals surface area contributed by atoms with E-state index >= 15 is 0 Å². The molecule has 688 valence electrons. The lowest BCUT2D eigenvalue weighted by molar-refractivity contribution is -0.0564. The van der Waals surface area contributed by atoms with Crippen molar-refractivity contribution in [1.82, 2.24) is 97.2 Å². The van der Waals surface area contributed by atoms with Crippen molar-refractivity contribution in [1.29, 1.82) is 0 Å². The number of rotatable bonds is 35. The van der Waals surface area contributed by atoms with Gasteiger partial charge in [-0.25, -0.2) is 59.4 Å². The summed E-state index contributed by atoms with van der Waals surface area (Å²) in [6.45, 7) is -25.2. The van der Waals surface area contributed by atoms with Gasteiger partial charge in [-0.05, 0) is 91.1 Å². The maximum atomic E-state index is 13.4. The van der Waals surface area contributed by atoms with Crippen LogP contribution in [0.1, 0.15) is 100 Å². The van der Waals surface area contributed by atoms with E-state index in [-0.39, 0.29) is 107 Å². The number of H-pyrrole nitrogens is 3. The van der Waals surface area contributed by atoms with Gasteiger partial charge in [0.2, 0.25) is 5.95 Å². The molecule has 10 aromatic rings. The molecule has 0 spiro atoms. The number of aromatic nitrogens is 20. The van der Waals surface area contributed by atoms with Crippen LogP contribution in [-0.4, -0.2) is 240 Å². The topological polar surface area (TPSA) is 696 Å². The van der Waals surface area contributed by atoms with E-state index in [9.17, 15) is 53.3 Å². The van der Waals surface area contributed by atoms with Gasteiger partial charge in [0.25, 0.3) is 16.7 Å². The smallest absolute Gasteiger partial charge is 0.330 e. The van der Waals surface area contributed by atoms with E-state index in [2.05, 4.69) is 69.8 Å². The summed E-state index contributed by atoms with van der Waals surface area (Å²) in [5, 5.41) is 0. The summed E-state index contributed by atoms with van der Waals surface area (Å²) in [5.41, 5.74) is 22.1. The van der Waals surface area contributed by atoms with Crippen LogP contribution in [0.2, 0.25) is 0 Å². The van der Waals surface area contributed by atoms with Crippen LogP contribution < -0.4 is 51.0 Å². The molecule has 24 atom stereocenters. The van der Waals surface area contributed by atoms with Gasteiger partial charge >= 0.3 is 51.7 Å². The molecule has 16 rings (SSSR count). The van der Waals surface area contributed by atoms with Gasteiger partial charge in [0, 0.05) is 69.2 Å². The maximum absolute atomic E-state index is 13.4. The molecule has 0 radical (unpaired) electrons. The van der Waals surface area contributed by atoms with E-state index in [4.69, 9.17) is 176 Å². The zero-order valence-electron chi connectivity index (χ0n) is 66.2. The molecular weight excluding hydrogens is 1920 g/mol. The first kappa shape index (κ1) is 93.7. The lowest BCUT2D eigenvalue weighted by Gasteiger charge is -2.28. The van der Waals surface area contributed by atoms with Gasteiger partial charge in [0.05, 0.1) is 101 Å². The Morgan fingerprint density at radius 1 is 0.378 bits per heavy atom. The Hall–Kier alpha value is -6.50. The van der Waals surface area contributed by atoms with Gasteiger partial charge in [-0.15, -0.1) is 0 Å². The minimum atomic E-state index is -4.67. The van der Waals surface area contributed by atoms with Gasteiger partial charge in [-0.3, -0.25) is 56.7 Å². The second-order valence-electron chi connectivity index (χ2n) is 29.4. The summed E-state index contributed by atoms with van der Waals surface area (Å²) in [6.07, 6.45) is -10.1. The average molecular weight is 2000 g/mol. The largest absolute Gasteiger partial charge is 0.382 e. The molecule has 6 aliphatic heterocycles. The number of nitrogens with one attached hydrogen (secondary N) is 3. The fraction of sp³-hybridized carbons (Fsp3) is 0.548. The molecular formula is C62H80N24O29P6S6. The van der Waals surface area contributed by atoms with Crippen molar-refractivity contribution >= 4 is 179 Å². The van der Waals surface area contributed by atoms with Gasteiger partial charge in [-0.1, -0.05) is 6.92 Å². The van der Waals surface area contributed by atoms with Crippen molar-refractivity contribution in [3.05, 3.63) is 120 Å². The van der Waals surface area contributed by atoms with E-state index in [1.165, 1.54) is 84.2 Å². The third-order valence-electron chi connectivity index (χ3n) is 21.1. The van der Waals surface area contributed by atoms with Crippen LogP contribution in [-0.2, 0) is 154 Å². The lowest BCUT2D eigenvalue weighted by atomic mass is 10.1. The highest BCUT2D eigenvalue weighted by Crippen LogP contribution is 2.58. The number of nitrogen functional groups attached to an aromatic ring is 4. The van der Waals surface area contributed by atoms with Crippen molar-refractivity contribution in [3.8, 4) is 0 Å². The lowest BCUT2D eigenvalue weighted by Crippen LogP contribution is -2.33. The number of anilines is 4. The molecule has 127 heavy (non-hydrogen) atoms. The van der Waals surface area contributed by atoms with Gasteiger partial charge in [-0.2, -0.15) is 4.98 Å². The second kappa shape index (κ2) is 37.5. The van der Waals surface area contributed by atoms with Crippen LogP contribution in [0, 0.1) is 13.8 Å². The fourth-order valence-corrected chi connectivity index (χ4v) is 23.4. The standard InChI is InChI=1S/C62H80N24O29P6S6/c1-5-28-29(6-42(104-28)83-22-73-46-50(63)67-19-70-53(46)83)111-117(93,123)99-15-36-31(7-40(105-36)81-12-26(2)57(87)79-61(81)90)113-119(95,125)102-17-38-33(10-44(108-38)85-24-75-48-52(65)69-21-72-55(48)85)114-121(97,127)103-18-39-34(11-45(109-39)86-25-76-49-56(86)77-60(66)78-59(49)89)115-120(96,126)101-16-37-32(8-41(106-37)82-13-27(3)58(88)80-62(82)91)112-118(94,124)100-14-35-30(110-116(92,122)98-4)9-43(107-35)84-23-74-47-51(64)68-20-71-54(47)84/h12-13,19-25,28-45H,5-11,14-18H2,1-4H3,(H,92,122)(H,93,123)(H,94,124)(H,95,125)(H,96,126)(H,97,127)(H2,63,67,70)(H2,64,68,71)(H2,65,69,72)(H,79,87,90)(H,80,88,91)(H3,66,77,78,89)/t28-,29-,30-,31-,32-,33-,34-,35-,36-,37-,38-,39-,40-,41-,42-,43-,44-,45-,116?,117?,118?,119?,120?,121?/m1/s1. The van der Waals surface area contributed by atoms with Crippen LogP contribution in [0.3, 0.4) is 0 Å². The Bertz CT molecular complexity index is 6470. The van der Waals surface area contributed by atoms with E-state index in [1.54, 1.807) is 4.57 Å². The quantitative estimate of drug-likeness (QED) is 0.0248. The minimum Gasteiger partial charge on any atom is -0.382 e. The van der Waals surface area contributed by atoms with Crippen LogP contribution in [0.15, 0.2) is 80.7 Å². The Balaban J connectivity index is 0.614. The summed E-state index contributed by atoms with van der Waals surface area (Å²) in [7, 11) is 1.15. The average Bonchev–Trinajstić information content (AvgIpc) is 1.65. The molecule has 10 aromatic heterocycles. The molecule has 53 nitrogen and oxygen atoms in total. The number of ether oxygens (including phenoxy) is 6. The third kappa shape index (κ3) is 21.0. The van der Waals surface area contributed by atoms with Crippen molar-refractivity contribution in [3.63, 3.8) is 0 Å². The van der Waals surface area contributed by atoms with Crippen molar-refractivity contribution in [2.45, 2.75) is 176 Å². The number of fused-ring (bicyclic) bond motifs is 4. The molecule has 0 bridgehead atoms. The van der Waals surface area contributed by atoms with Crippen molar-refractivity contribution in [2.24, 2.45) is 0 Å². The zero-order chi connectivity index (χ0) is 90.3. The molecule has 0 aliphatic carbocycles. The van der Waals surface area contributed by atoms with Gasteiger partial charge in [0.1, 0.15) is 103 Å². The van der Waals surface area contributed by atoms with Gasteiger partial charge < -0.3 is 135 Å². The summed E-state index contributed by atoms with van der Waals surface area (Å²) < 4.78 is 118. The molecule has 6 saturated heterocycles. The molecule has 0 amide bonds. The molecule has 16 heterocycles. The molecule has 6 fully saturated rings. The highest BCUT2D eigenvalue weighted by Gasteiger charge is 2.51. The summed E-state index contributed by atoms with van der Waals surface area (Å²) in [6, 6.07) is 0. The maximum Gasteiger partial charge on any atom is 0.330 e. The molecule has 0 aromatic carbocycles. The first-order valence-electron chi connectivity index (χ1n) is 38.1. The van der Waals surface area contributed by atoms with E-state index in [0.29, 0.717) is 17.6 Å². The van der Waals surface area contributed by atoms with Crippen LogP contribution in [0.4, 0.5) is 23.4 Å². The molecule has 0 saturated carbocycles. The Morgan fingerprint density at radius 2 is 0.646 bits per heavy atom. The number of nitrogens with zero attached hydrogens (tertiary/aromatic N) is 17. The van der Waals surface area contributed by atoms with Crippen molar-refractivity contribution < 1.29 is 112 Å². The zero-order valence-corrected chi connectivity index (χ0v) is 76.5. The summed E-state index contributed by atoms with van der Waals surface area (Å²) in [4.78, 5) is 189. The predicted molar refractivity (Wildman–Crippen MR) is 460 cm³/mol. The number of aromatic amines is 3. The van der Waals surface area contributed by atoms with Gasteiger partial charge in [0.15, 0.2) is 45.6 Å². The first-order chi connectivity index (χ1) is 60.2. The second-order valence-corrected chi connectivity index (χ2v) is 46.3. The van der Waals surface area contributed by atoms with Crippen LogP contribution in [0.5, 0.6) is 0 Å². The first-order valence-corrected chi connectivity index (χ1v) is 53.6. The summed E-state index contributed by atoms with van der Waals surface area (Å²) >= 11 is 33.4. The van der Waals surface area contributed by atoms with E-state index in [1.807, 2.05) is 6.92 Å². The Labute approximate surface area is 743 Å². The number of imidazole rings is 4. The normalized spacial score (nSPS) is 29.3. The fourth-order valence-electron chi connectivity index (χ4n) is 15.1. The van der Waals surface area contributed by atoms with Crippen molar-refractivity contribution in [2.75, 3.05) is 63.1 Å². The molecule has 65 heteroatoms. The summed E-state index contributed by atoms with van der Waals surface area (Å²) in [5.74, 6) is -0.0523. The highest BCUT2D eigenvalue weighted by molar-refractivity contribution is 8.08. The number of hydrogen-bond donors (Lipinski definition) is 13. The number of hydrogen-bond acceptors (Lipinski definition) is 44. The molecule has 6 aliphatic rings. The Kier molecular flexibility index (Phi) is 27.7.